The first-order chi connectivity index (χ1) is 29.7. The highest BCUT2D eigenvalue weighted by Crippen LogP contribution is 2.45. The molecular weight excluding hydrogens is 729 g/mol. The van der Waals surface area contributed by atoms with Crippen molar-refractivity contribution in [3.8, 4) is 11.3 Å². The van der Waals surface area contributed by atoms with Crippen molar-refractivity contribution >= 4 is 67.2 Å². The molecule has 0 spiro atoms. The number of nitrogens with zero attached hydrogens (tertiary/aromatic N) is 1. The maximum Gasteiger partial charge on any atom is 0.0947 e. The van der Waals surface area contributed by atoms with Crippen molar-refractivity contribution in [2.75, 3.05) is 10.6 Å². The predicted octanol–water partition coefficient (Wildman–Crippen LogP) is 13.5. The highest BCUT2D eigenvalue weighted by Gasteiger charge is 2.27. The molecule has 12 rings (SSSR count). The fraction of sp³-hybridized carbons (Fsp3) is 0.0536. The summed E-state index contributed by atoms with van der Waals surface area (Å²) in [4.78, 5) is 5.25. The second-order valence-electron chi connectivity index (χ2n) is 16.0. The van der Waals surface area contributed by atoms with Crippen molar-refractivity contribution < 1.29 is 0 Å². The molecule has 3 N–H and O–H groups in total. The minimum absolute atomic E-state index is 0.0311. The molecule has 0 amide bonds. The van der Waals surface area contributed by atoms with Crippen LogP contribution in [0.1, 0.15) is 45.5 Å². The number of hydrogen-bond acceptors (Lipinski definition) is 4. The summed E-state index contributed by atoms with van der Waals surface area (Å²) in [7, 11) is 0. The molecule has 7 aromatic carbocycles. The molecule has 0 bridgehead atoms. The van der Waals surface area contributed by atoms with Gasteiger partial charge in [-0.2, -0.15) is 0 Å². The number of aromatic nitrogens is 1. The van der Waals surface area contributed by atoms with Crippen LogP contribution >= 0.6 is 0 Å². The molecule has 3 unspecified atom stereocenters. The summed E-state index contributed by atoms with van der Waals surface area (Å²) in [6, 6.07) is 54.4. The Kier molecular flexibility index (Phi) is 8.02. The van der Waals surface area contributed by atoms with Gasteiger partial charge in [0.25, 0.3) is 0 Å². The molecule has 3 atom stereocenters. The van der Waals surface area contributed by atoms with Gasteiger partial charge in [-0.1, -0.05) is 188 Å². The normalized spacial score (nSPS) is 18.7. The molecule has 60 heavy (non-hydrogen) atoms. The molecule has 284 valence electrons. The smallest absolute Gasteiger partial charge is 0.0947 e. The van der Waals surface area contributed by atoms with E-state index in [2.05, 4.69) is 216 Å². The lowest BCUT2D eigenvalue weighted by atomic mass is 9.84. The molecule has 4 heterocycles. The van der Waals surface area contributed by atoms with Crippen LogP contribution in [0.15, 0.2) is 200 Å². The zero-order valence-corrected chi connectivity index (χ0v) is 32.8. The summed E-state index contributed by atoms with van der Waals surface area (Å²) < 4.78 is 0. The van der Waals surface area contributed by atoms with Crippen molar-refractivity contribution in [1.82, 2.24) is 10.3 Å². The Bertz CT molecular complexity index is 3180. The molecule has 1 aliphatic carbocycles. The molecule has 4 nitrogen and oxygen atoms in total. The third-order valence-corrected chi connectivity index (χ3v) is 12.5. The molecule has 3 aliphatic heterocycles. The maximum atomic E-state index is 5.25. The lowest BCUT2D eigenvalue weighted by Gasteiger charge is -2.30. The van der Waals surface area contributed by atoms with Crippen LogP contribution < -0.4 is 16.0 Å². The van der Waals surface area contributed by atoms with Gasteiger partial charge in [-0.05, 0) is 84.3 Å². The van der Waals surface area contributed by atoms with Crippen LogP contribution in [0.25, 0.3) is 67.1 Å². The maximum absolute atomic E-state index is 5.25. The second kappa shape index (κ2) is 14.0. The monoisotopic (exact) mass is 768 g/mol. The average molecular weight is 769 g/mol. The van der Waals surface area contributed by atoms with Crippen LogP contribution in [0.5, 0.6) is 0 Å². The summed E-state index contributed by atoms with van der Waals surface area (Å²) in [5, 5.41) is 17.9. The van der Waals surface area contributed by atoms with Gasteiger partial charge in [0.05, 0.1) is 35.0 Å². The Morgan fingerprint density at radius 2 is 1.07 bits per heavy atom. The van der Waals surface area contributed by atoms with E-state index in [1.54, 1.807) is 0 Å². The Balaban J connectivity index is 0.901. The zero-order chi connectivity index (χ0) is 39.6. The van der Waals surface area contributed by atoms with Gasteiger partial charge in [0, 0.05) is 22.3 Å². The second-order valence-corrected chi connectivity index (χ2v) is 16.0. The Hall–Kier alpha value is -7.69. The summed E-state index contributed by atoms with van der Waals surface area (Å²) in [5.41, 5.74) is 16.2. The lowest BCUT2D eigenvalue weighted by molar-refractivity contribution is 0.815. The van der Waals surface area contributed by atoms with E-state index in [9.17, 15) is 0 Å². The lowest BCUT2D eigenvalue weighted by Crippen LogP contribution is -2.31. The molecular formula is C56H40N4. The topological polar surface area (TPSA) is 49.0 Å². The third kappa shape index (κ3) is 5.79. The third-order valence-electron chi connectivity index (χ3n) is 12.5. The van der Waals surface area contributed by atoms with Crippen LogP contribution in [0.3, 0.4) is 0 Å². The molecule has 0 radical (unpaired) electrons. The summed E-state index contributed by atoms with van der Waals surface area (Å²) in [6.07, 6.45) is 20.4. The minimum Gasteiger partial charge on any atom is -0.374 e. The van der Waals surface area contributed by atoms with E-state index < -0.39 is 0 Å². The van der Waals surface area contributed by atoms with E-state index in [4.69, 9.17) is 4.98 Å². The van der Waals surface area contributed by atoms with E-state index in [0.29, 0.717) is 0 Å². The van der Waals surface area contributed by atoms with Gasteiger partial charge >= 0.3 is 0 Å². The zero-order valence-electron chi connectivity index (χ0n) is 32.8. The van der Waals surface area contributed by atoms with E-state index in [-0.39, 0.29) is 18.1 Å². The van der Waals surface area contributed by atoms with E-state index >= 15 is 0 Å². The molecule has 0 fully saturated rings. The summed E-state index contributed by atoms with van der Waals surface area (Å²) in [6.45, 7) is 0. The van der Waals surface area contributed by atoms with Crippen LogP contribution in [-0.2, 0) is 0 Å². The van der Waals surface area contributed by atoms with Gasteiger partial charge in [-0.3, -0.25) is 0 Å². The van der Waals surface area contributed by atoms with Crippen molar-refractivity contribution in [2.24, 2.45) is 0 Å². The largest absolute Gasteiger partial charge is 0.374 e. The van der Waals surface area contributed by atoms with Crippen LogP contribution in [0.2, 0.25) is 0 Å². The highest BCUT2D eigenvalue weighted by atomic mass is 15.0. The molecule has 0 saturated heterocycles. The standard InChI is InChI=1S/C56H40N4/c1-3-11-35(12-4-1)41-23-19-37-25-29-48(57-51(37)33-41)42-24-20-38-26-31-49(58-52(38)34-42)53-43-15-7-9-17-45(43)54(46-18-10-8-16-44(46)53)50-32-28-40-22-21-39-27-30-47(36-13-5-2-6-14-36)59-55(39)56(40)60-50/h1-34,49-51,57-58,60H. The first-order valence-electron chi connectivity index (χ1n) is 20.8. The predicted molar refractivity (Wildman–Crippen MR) is 252 cm³/mol. The Morgan fingerprint density at radius 1 is 0.450 bits per heavy atom. The SMILES string of the molecule is C1=CC2=CC=C(c3ccc4c(c3)NC(c3c5ccccc5c(C5C=Cc6ccc7ccc(-c8ccccc8)nc7c6N5)c5ccccc35)C=C4)NC2C=C1c1ccccc1. The number of nitrogens with one attached hydrogen (secondary N) is 3. The average Bonchev–Trinajstić information content (AvgIpc) is 3.32. The van der Waals surface area contributed by atoms with Crippen molar-refractivity contribution in [3.63, 3.8) is 0 Å². The van der Waals surface area contributed by atoms with Crippen LogP contribution in [0.4, 0.5) is 11.4 Å². The van der Waals surface area contributed by atoms with Crippen LogP contribution in [0, 0.1) is 0 Å². The quantitative estimate of drug-likeness (QED) is 0.153. The molecule has 8 aromatic rings. The minimum atomic E-state index is -0.0589. The summed E-state index contributed by atoms with van der Waals surface area (Å²) in [5.74, 6) is 0. The number of pyridine rings is 1. The Morgan fingerprint density at radius 3 is 1.78 bits per heavy atom. The fourth-order valence-electron chi connectivity index (χ4n) is 9.58. The summed E-state index contributed by atoms with van der Waals surface area (Å²) >= 11 is 0. The number of allylic oxidation sites excluding steroid dienone is 4. The van der Waals surface area contributed by atoms with E-state index in [1.807, 2.05) is 6.07 Å². The first-order valence-corrected chi connectivity index (χ1v) is 20.8. The van der Waals surface area contributed by atoms with E-state index in [1.165, 1.54) is 54.9 Å². The number of dihydropyridines is 1. The fourth-order valence-corrected chi connectivity index (χ4v) is 9.58. The van der Waals surface area contributed by atoms with Crippen molar-refractivity contribution in [3.05, 3.63) is 233 Å². The van der Waals surface area contributed by atoms with Crippen LogP contribution in [-0.4, -0.2) is 11.0 Å². The molecule has 4 aliphatic rings. The van der Waals surface area contributed by atoms with Crippen molar-refractivity contribution in [2.45, 2.75) is 18.1 Å². The first kappa shape index (κ1) is 34.4. The van der Waals surface area contributed by atoms with Crippen molar-refractivity contribution in [1.29, 1.82) is 0 Å². The molecule has 0 saturated carbocycles. The van der Waals surface area contributed by atoms with Gasteiger partial charge in [-0.25, -0.2) is 4.98 Å². The number of anilines is 2. The number of hydrogen-bond donors (Lipinski definition) is 3. The van der Waals surface area contributed by atoms with Gasteiger partial charge in [0.15, 0.2) is 0 Å². The highest BCUT2D eigenvalue weighted by molar-refractivity contribution is 6.08. The van der Waals surface area contributed by atoms with Gasteiger partial charge in [0.2, 0.25) is 0 Å². The number of rotatable bonds is 5. The van der Waals surface area contributed by atoms with Gasteiger partial charge in [-0.15, -0.1) is 0 Å². The number of fused-ring (bicyclic) bond motifs is 7. The molecule has 1 aromatic heterocycles. The van der Waals surface area contributed by atoms with E-state index in [0.717, 1.165) is 50.4 Å². The Labute approximate surface area is 349 Å². The van der Waals surface area contributed by atoms with Gasteiger partial charge < -0.3 is 16.0 Å². The number of benzene rings is 7. The molecule has 4 heteroatoms. The van der Waals surface area contributed by atoms with Gasteiger partial charge in [0.1, 0.15) is 0 Å².